The summed E-state index contributed by atoms with van der Waals surface area (Å²) in [6, 6.07) is 1.79. The van der Waals surface area contributed by atoms with E-state index in [1.54, 1.807) is 11.1 Å². The van der Waals surface area contributed by atoms with Crippen LogP contribution in [-0.4, -0.2) is 127 Å². The van der Waals surface area contributed by atoms with Gasteiger partial charge in [-0.1, -0.05) is 6.07 Å². The van der Waals surface area contributed by atoms with Gasteiger partial charge in [0, 0.05) is 64.8 Å². The molecule has 4 saturated heterocycles. The van der Waals surface area contributed by atoms with Gasteiger partial charge in [-0.25, -0.2) is 13.8 Å². The Labute approximate surface area is 252 Å². The van der Waals surface area contributed by atoms with Crippen molar-refractivity contribution in [3.63, 3.8) is 0 Å². The second-order valence-corrected chi connectivity index (χ2v) is 12.1. The lowest BCUT2D eigenvalue weighted by atomic mass is 10.0. The molecule has 1 aromatic carbocycles. The van der Waals surface area contributed by atoms with Gasteiger partial charge in [-0.15, -0.1) is 0 Å². The number of benzene rings is 1. The summed E-state index contributed by atoms with van der Waals surface area (Å²) in [5, 5.41) is 26.9. The number of piperazine rings is 1. The number of carbonyl (C=O) groups is 3. The molecule has 4 aliphatic rings. The summed E-state index contributed by atoms with van der Waals surface area (Å²) in [6.45, 7) is 1.38. The maximum absolute atomic E-state index is 14.1. The molecule has 3 amide bonds. The number of nitrogens with zero attached hydrogens (tertiary/aromatic N) is 5. The molecule has 1 aromatic heterocycles. The summed E-state index contributed by atoms with van der Waals surface area (Å²) in [7, 11) is 1.86. The highest BCUT2D eigenvalue weighted by Gasteiger charge is 2.46. The van der Waals surface area contributed by atoms with Crippen LogP contribution in [-0.2, 0) is 39.3 Å². The van der Waals surface area contributed by atoms with Crippen LogP contribution < -0.4 is 10.6 Å². The Morgan fingerprint density at radius 1 is 1.00 bits per heavy atom. The maximum Gasteiger partial charge on any atom is 0.240 e. The number of aryl methyl sites for hydroxylation is 1. The van der Waals surface area contributed by atoms with Gasteiger partial charge in [-0.3, -0.25) is 24.2 Å². The van der Waals surface area contributed by atoms with Crippen molar-refractivity contribution in [3.8, 4) is 0 Å². The van der Waals surface area contributed by atoms with E-state index in [2.05, 4.69) is 15.6 Å². The van der Waals surface area contributed by atoms with Gasteiger partial charge in [-0.2, -0.15) is 0 Å². The maximum atomic E-state index is 14.1. The lowest BCUT2D eigenvalue weighted by Crippen LogP contribution is -2.62. The summed E-state index contributed by atoms with van der Waals surface area (Å²) in [4.78, 5) is 50.5. The average molecular weight is 618 g/mol. The molecule has 0 spiro atoms. The van der Waals surface area contributed by atoms with Gasteiger partial charge < -0.3 is 35.1 Å². The van der Waals surface area contributed by atoms with Crippen LogP contribution in [0.15, 0.2) is 30.6 Å². The lowest BCUT2D eigenvalue weighted by molar-refractivity contribution is -0.142. The molecule has 238 valence electrons. The molecule has 6 bridgehead atoms. The van der Waals surface area contributed by atoms with Crippen molar-refractivity contribution in [2.75, 3.05) is 32.7 Å². The van der Waals surface area contributed by atoms with Gasteiger partial charge in [0.1, 0.15) is 30.2 Å². The van der Waals surface area contributed by atoms with E-state index in [4.69, 9.17) is 4.74 Å². The number of aliphatic hydroxyl groups excluding tert-OH is 2. The van der Waals surface area contributed by atoms with E-state index in [1.165, 1.54) is 6.07 Å². The van der Waals surface area contributed by atoms with E-state index in [9.17, 15) is 33.4 Å². The van der Waals surface area contributed by atoms with Gasteiger partial charge in [0.2, 0.25) is 17.7 Å². The quantitative estimate of drug-likeness (QED) is 0.321. The minimum Gasteiger partial charge on any atom is -0.388 e. The molecule has 2 aromatic rings. The highest BCUT2D eigenvalue weighted by molar-refractivity contribution is 5.86. The van der Waals surface area contributed by atoms with Crippen LogP contribution in [0.2, 0.25) is 0 Å². The van der Waals surface area contributed by atoms with E-state index >= 15 is 0 Å². The molecule has 0 aliphatic carbocycles. The molecule has 44 heavy (non-hydrogen) atoms. The number of nitrogens with one attached hydrogen (secondary N) is 2. The molecule has 5 heterocycles. The number of halogens is 2. The molecule has 4 aliphatic heterocycles. The van der Waals surface area contributed by atoms with Crippen molar-refractivity contribution in [3.05, 3.63) is 53.6 Å². The van der Waals surface area contributed by atoms with E-state index in [1.807, 2.05) is 27.6 Å². The van der Waals surface area contributed by atoms with E-state index < -0.39 is 54.0 Å². The van der Waals surface area contributed by atoms with Crippen molar-refractivity contribution in [1.29, 1.82) is 0 Å². The van der Waals surface area contributed by atoms with Crippen LogP contribution >= 0.6 is 0 Å². The molecule has 0 radical (unpaired) electrons. The number of aromatic nitrogens is 2. The Bertz CT molecular complexity index is 1410. The predicted molar refractivity (Wildman–Crippen MR) is 149 cm³/mol. The molecule has 0 saturated carbocycles. The summed E-state index contributed by atoms with van der Waals surface area (Å²) >= 11 is 0. The molecule has 7 atom stereocenters. The monoisotopic (exact) mass is 617 g/mol. The lowest BCUT2D eigenvalue weighted by Gasteiger charge is -2.42. The van der Waals surface area contributed by atoms with Crippen LogP contribution in [0.25, 0.3) is 0 Å². The first-order valence-electron chi connectivity index (χ1n) is 14.8. The van der Waals surface area contributed by atoms with Gasteiger partial charge in [0.25, 0.3) is 0 Å². The number of carbonyl (C=O) groups excluding carboxylic acids is 3. The van der Waals surface area contributed by atoms with E-state index in [0.29, 0.717) is 38.2 Å². The largest absolute Gasteiger partial charge is 0.388 e. The minimum atomic E-state index is -1.33. The number of hydrogen-bond donors (Lipinski definition) is 4. The molecule has 4 N–H and O–H groups in total. The topological polar surface area (TPSA) is 152 Å². The summed E-state index contributed by atoms with van der Waals surface area (Å²) < 4.78 is 35.2. The van der Waals surface area contributed by atoms with Gasteiger partial charge >= 0.3 is 0 Å². The van der Waals surface area contributed by atoms with Crippen LogP contribution in [0.4, 0.5) is 8.78 Å². The normalized spacial score (nSPS) is 32.2. The van der Waals surface area contributed by atoms with Gasteiger partial charge in [0.05, 0.1) is 25.1 Å². The first kappa shape index (κ1) is 30.5. The van der Waals surface area contributed by atoms with Crippen LogP contribution in [0.5, 0.6) is 0 Å². The van der Waals surface area contributed by atoms with Crippen molar-refractivity contribution in [2.45, 2.75) is 68.5 Å². The number of hydrogen-bond acceptors (Lipinski definition) is 9. The first-order chi connectivity index (χ1) is 21.1. The van der Waals surface area contributed by atoms with Crippen molar-refractivity contribution >= 4 is 17.7 Å². The van der Waals surface area contributed by atoms with E-state index in [-0.39, 0.29) is 43.9 Å². The van der Waals surface area contributed by atoms with Crippen LogP contribution in [0.3, 0.4) is 0 Å². The number of imidazole rings is 1. The summed E-state index contributed by atoms with van der Waals surface area (Å²) in [5.41, 5.74) is 0.472. The zero-order chi connectivity index (χ0) is 31.1. The predicted octanol–water partition coefficient (Wildman–Crippen LogP) is -1.52. The summed E-state index contributed by atoms with van der Waals surface area (Å²) in [6.07, 6.45) is -0.961. The van der Waals surface area contributed by atoms with Gasteiger partial charge in [0.15, 0.2) is 11.6 Å². The van der Waals surface area contributed by atoms with Gasteiger partial charge in [-0.05, 0) is 24.1 Å². The Balaban J connectivity index is 1.28. The first-order valence-corrected chi connectivity index (χ1v) is 14.8. The second kappa shape index (κ2) is 12.5. The average Bonchev–Trinajstić information content (AvgIpc) is 3.66. The Morgan fingerprint density at radius 2 is 1.80 bits per heavy atom. The molecule has 4 fully saturated rings. The standard InChI is InChI=1S/C29H37F2N7O6/c1-35-5-4-32-24(35)15-38-13-17-9-20(38)29(43)37-7-6-36(12-16-2-3-18(30)19(31)8-16)21(14-37)28(42)33-11-23-27(41)26(40)22(44-23)10-25(39)34-17/h2-5,8,17,20-23,26-27,40-41H,6-7,9-15H2,1H3,(H,33,42)(H,34,39)/t17-,20-,21-,22-,23+,26-,27+/m0/s1. The number of amides is 3. The fraction of sp³-hybridized carbons (Fsp3) is 0.586. The number of ether oxygens (including phenoxy) is 1. The van der Waals surface area contributed by atoms with Crippen molar-refractivity contribution in [1.82, 2.24) is 34.9 Å². The number of fused-ring (bicyclic) bond motifs is 6. The summed E-state index contributed by atoms with van der Waals surface area (Å²) in [5.74, 6) is -2.21. The third-order valence-electron chi connectivity index (χ3n) is 9.12. The second-order valence-electron chi connectivity index (χ2n) is 12.1. The van der Waals surface area contributed by atoms with Crippen LogP contribution in [0.1, 0.15) is 24.2 Å². The number of rotatable bonds is 4. The molecule has 0 unspecified atom stereocenters. The molecule has 6 rings (SSSR count). The third-order valence-corrected chi connectivity index (χ3v) is 9.12. The highest BCUT2D eigenvalue weighted by atomic mass is 19.2. The fourth-order valence-electron chi connectivity index (χ4n) is 6.66. The van der Waals surface area contributed by atoms with Crippen molar-refractivity contribution in [2.24, 2.45) is 7.05 Å². The smallest absolute Gasteiger partial charge is 0.240 e. The Kier molecular flexibility index (Phi) is 8.66. The molecule has 13 nitrogen and oxygen atoms in total. The Morgan fingerprint density at radius 3 is 2.55 bits per heavy atom. The molecular formula is C29H37F2N7O6. The zero-order valence-electron chi connectivity index (χ0n) is 24.3. The number of aliphatic hydroxyl groups is 2. The molecular weight excluding hydrogens is 580 g/mol. The third kappa shape index (κ3) is 6.19. The molecule has 15 heteroatoms. The Hall–Kier alpha value is -3.50. The number of likely N-dealkylation sites (tertiary alicyclic amines) is 1. The van der Waals surface area contributed by atoms with Crippen molar-refractivity contribution < 1.29 is 38.1 Å². The SMILES string of the molecule is Cn1ccnc1CN1C[C@@H]2C[C@H]1C(=O)N1CCN(Cc3ccc(F)c(F)c3)[C@@H](C1)C(=O)NC[C@H]1O[C@@H](CC(=O)N2)[C@H](O)[C@@H]1O. The van der Waals surface area contributed by atoms with Crippen LogP contribution in [0, 0.1) is 11.6 Å². The van der Waals surface area contributed by atoms with E-state index in [0.717, 1.165) is 18.0 Å². The zero-order valence-corrected chi connectivity index (χ0v) is 24.3. The highest BCUT2D eigenvalue weighted by Crippen LogP contribution is 2.27. The minimum absolute atomic E-state index is 0.0391. The fourth-order valence-corrected chi connectivity index (χ4v) is 6.66.